The second-order valence-corrected chi connectivity index (χ2v) is 5.17. The molecule has 1 heterocycles. The smallest absolute Gasteiger partial charge is 0.240 e. The molecule has 1 amide bonds. The van der Waals surface area contributed by atoms with Gasteiger partial charge in [0, 0.05) is 6.54 Å². The zero-order valence-corrected chi connectivity index (χ0v) is 11.3. The Morgan fingerprint density at radius 3 is 2.72 bits per heavy atom. The number of carbonyl (C=O) groups is 1. The Balaban J connectivity index is 1.97. The van der Waals surface area contributed by atoms with Crippen LogP contribution in [0, 0.1) is 0 Å². The molecule has 0 bridgehead atoms. The van der Waals surface area contributed by atoms with Gasteiger partial charge in [0.2, 0.25) is 5.91 Å². The standard InChI is InChI=1S/C15H22N2O/c1-3-12-7-4-5-8-13(12)11-16-14(18)15(2)9-6-10-17-15/h4-5,7-8,17H,3,6,9-11H2,1-2H3,(H,16,18). The first-order valence-electron chi connectivity index (χ1n) is 6.76. The Morgan fingerprint density at radius 1 is 1.39 bits per heavy atom. The van der Waals surface area contributed by atoms with E-state index < -0.39 is 0 Å². The van der Waals surface area contributed by atoms with Crippen LogP contribution in [-0.4, -0.2) is 18.0 Å². The van der Waals surface area contributed by atoms with Crippen LogP contribution in [-0.2, 0) is 17.8 Å². The van der Waals surface area contributed by atoms with Crippen LogP contribution in [0.5, 0.6) is 0 Å². The Labute approximate surface area is 109 Å². The number of benzene rings is 1. The van der Waals surface area contributed by atoms with Gasteiger partial charge in [-0.15, -0.1) is 0 Å². The van der Waals surface area contributed by atoms with Crippen LogP contribution < -0.4 is 10.6 Å². The van der Waals surface area contributed by atoms with E-state index in [1.807, 2.05) is 19.1 Å². The average Bonchev–Trinajstić information content (AvgIpc) is 2.84. The zero-order valence-electron chi connectivity index (χ0n) is 11.3. The second-order valence-electron chi connectivity index (χ2n) is 5.17. The molecular weight excluding hydrogens is 224 g/mol. The third-order valence-corrected chi connectivity index (χ3v) is 3.81. The van der Waals surface area contributed by atoms with Crippen molar-refractivity contribution in [3.8, 4) is 0 Å². The summed E-state index contributed by atoms with van der Waals surface area (Å²) in [5, 5.41) is 6.34. The van der Waals surface area contributed by atoms with E-state index in [1.54, 1.807) is 0 Å². The van der Waals surface area contributed by atoms with E-state index in [1.165, 1.54) is 11.1 Å². The summed E-state index contributed by atoms with van der Waals surface area (Å²) in [5.41, 5.74) is 2.15. The van der Waals surface area contributed by atoms with Gasteiger partial charge in [-0.2, -0.15) is 0 Å². The molecule has 1 saturated heterocycles. The van der Waals surface area contributed by atoms with Crippen molar-refractivity contribution < 1.29 is 4.79 Å². The molecule has 2 N–H and O–H groups in total. The Bertz CT molecular complexity index is 422. The molecule has 0 saturated carbocycles. The van der Waals surface area contributed by atoms with E-state index in [0.29, 0.717) is 6.54 Å². The van der Waals surface area contributed by atoms with Gasteiger partial charge in [-0.25, -0.2) is 0 Å². The number of hydrogen-bond donors (Lipinski definition) is 2. The largest absolute Gasteiger partial charge is 0.350 e. The molecule has 0 spiro atoms. The molecule has 0 aliphatic carbocycles. The molecule has 1 fully saturated rings. The maximum absolute atomic E-state index is 12.2. The quantitative estimate of drug-likeness (QED) is 0.853. The molecule has 3 nitrogen and oxygen atoms in total. The number of aryl methyl sites for hydroxylation is 1. The fourth-order valence-electron chi connectivity index (χ4n) is 2.53. The molecule has 0 radical (unpaired) electrons. The molecule has 3 heteroatoms. The highest BCUT2D eigenvalue weighted by molar-refractivity contribution is 5.86. The molecule has 0 aromatic heterocycles. The van der Waals surface area contributed by atoms with Crippen LogP contribution >= 0.6 is 0 Å². The van der Waals surface area contributed by atoms with Gasteiger partial charge in [0.05, 0.1) is 5.54 Å². The van der Waals surface area contributed by atoms with E-state index in [4.69, 9.17) is 0 Å². The van der Waals surface area contributed by atoms with Gasteiger partial charge in [0.15, 0.2) is 0 Å². The summed E-state index contributed by atoms with van der Waals surface area (Å²) in [5.74, 6) is 0.117. The lowest BCUT2D eigenvalue weighted by molar-refractivity contribution is -0.126. The summed E-state index contributed by atoms with van der Waals surface area (Å²) in [6.07, 6.45) is 3.01. The third-order valence-electron chi connectivity index (χ3n) is 3.81. The molecular formula is C15H22N2O. The highest BCUT2D eigenvalue weighted by atomic mass is 16.2. The van der Waals surface area contributed by atoms with Gasteiger partial charge < -0.3 is 10.6 Å². The highest BCUT2D eigenvalue weighted by Crippen LogP contribution is 2.19. The van der Waals surface area contributed by atoms with Gasteiger partial charge in [0.1, 0.15) is 0 Å². The van der Waals surface area contributed by atoms with Crippen molar-refractivity contribution in [1.82, 2.24) is 10.6 Å². The highest BCUT2D eigenvalue weighted by Gasteiger charge is 2.35. The first-order chi connectivity index (χ1) is 8.65. The maximum Gasteiger partial charge on any atom is 0.240 e. The summed E-state index contributed by atoms with van der Waals surface area (Å²) in [6, 6.07) is 8.28. The van der Waals surface area contributed by atoms with E-state index in [-0.39, 0.29) is 11.4 Å². The molecule has 18 heavy (non-hydrogen) atoms. The van der Waals surface area contributed by atoms with Crippen LogP contribution in [0.15, 0.2) is 24.3 Å². The van der Waals surface area contributed by atoms with Crippen LogP contribution in [0.2, 0.25) is 0 Å². The Kier molecular flexibility index (Phi) is 4.02. The monoisotopic (exact) mass is 246 g/mol. The number of carbonyl (C=O) groups excluding carboxylic acids is 1. The normalized spacial score (nSPS) is 23.0. The molecule has 1 aliphatic rings. The summed E-state index contributed by atoms with van der Waals surface area (Å²) in [4.78, 5) is 12.2. The summed E-state index contributed by atoms with van der Waals surface area (Å²) >= 11 is 0. The minimum absolute atomic E-state index is 0.117. The molecule has 2 rings (SSSR count). The van der Waals surface area contributed by atoms with Gasteiger partial charge in [-0.3, -0.25) is 4.79 Å². The van der Waals surface area contributed by atoms with Gasteiger partial charge in [-0.05, 0) is 43.9 Å². The van der Waals surface area contributed by atoms with Gasteiger partial charge in [0.25, 0.3) is 0 Å². The summed E-state index contributed by atoms with van der Waals surface area (Å²) in [6.45, 7) is 5.69. The van der Waals surface area contributed by atoms with E-state index in [0.717, 1.165) is 25.8 Å². The van der Waals surface area contributed by atoms with Gasteiger partial charge in [-0.1, -0.05) is 31.2 Å². The van der Waals surface area contributed by atoms with Crippen molar-refractivity contribution in [2.24, 2.45) is 0 Å². The number of hydrogen-bond acceptors (Lipinski definition) is 2. The first-order valence-corrected chi connectivity index (χ1v) is 6.76. The van der Waals surface area contributed by atoms with E-state index in [2.05, 4.69) is 29.7 Å². The SMILES string of the molecule is CCc1ccccc1CNC(=O)C1(C)CCCN1. The van der Waals surface area contributed by atoms with Crippen LogP contribution in [0.4, 0.5) is 0 Å². The number of amides is 1. The predicted molar refractivity (Wildman–Crippen MR) is 73.3 cm³/mol. The van der Waals surface area contributed by atoms with Crippen molar-refractivity contribution in [3.05, 3.63) is 35.4 Å². The second kappa shape index (κ2) is 5.53. The minimum Gasteiger partial charge on any atom is -0.350 e. The van der Waals surface area contributed by atoms with Crippen LogP contribution in [0.25, 0.3) is 0 Å². The summed E-state index contributed by atoms with van der Waals surface area (Å²) in [7, 11) is 0. The average molecular weight is 246 g/mol. The van der Waals surface area contributed by atoms with Crippen molar-refractivity contribution in [1.29, 1.82) is 0 Å². The third kappa shape index (κ3) is 2.72. The van der Waals surface area contributed by atoms with Crippen molar-refractivity contribution in [2.75, 3.05) is 6.54 Å². The van der Waals surface area contributed by atoms with Crippen LogP contribution in [0.1, 0.15) is 37.8 Å². The fourth-order valence-corrected chi connectivity index (χ4v) is 2.53. The fraction of sp³-hybridized carbons (Fsp3) is 0.533. The molecule has 1 unspecified atom stereocenters. The first kappa shape index (κ1) is 13.1. The lowest BCUT2D eigenvalue weighted by Gasteiger charge is -2.23. The molecule has 98 valence electrons. The van der Waals surface area contributed by atoms with Crippen molar-refractivity contribution >= 4 is 5.91 Å². The maximum atomic E-state index is 12.2. The predicted octanol–water partition coefficient (Wildman–Crippen LogP) is 2.01. The molecule has 1 aliphatic heterocycles. The van der Waals surface area contributed by atoms with Gasteiger partial charge >= 0.3 is 0 Å². The van der Waals surface area contributed by atoms with Crippen molar-refractivity contribution in [3.63, 3.8) is 0 Å². The molecule has 1 aromatic rings. The van der Waals surface area contributed by atoms with E-state index >= 15 is 0 Å². The number of rotatable bonds is 4. The Morgan fingerprint density at radius 2 is 2.11 bits per heavy atom. The van der Waals surface area contributed by atoms with Crippen LogP contribution in [0.3, 0.4) is 0 Å². The van der Waals surface area contributed by atoms with Crippen molar-refractivity contribution in [2.45, 2.75) is 45.2 Å². The number of nitrogens with one attached hydrogen (secondary N) is 2. The Hall–Kier alpha value is -1.35. The summed E-state index contributed by atoms with van der Waals surface area (Å²) < 4.78 is 0. The minimum atomic E-state index is -0.374. The molecule has 1 aromatic carbocycles. The van der Waals surface area contributed by atoms with E-state index in [9.17, 15) is 4.79 Å². The lowest BCUT2D eigenvalue weighted by atomic mass is 9.99. The lowest BCUT2D eigenvalue weighted by Crippen LogP contribution is -2.50. The zero-order chi connectivity index (χ0) is 13.0. The topological polar surface area (TPSA) is 41.1 Å². The molecule has 1 atom stereocenters.